The maximum atomic E-state index is 13.5. The van der Waals surface area contributed by atoms with Gasteiger partial charge in [0.05, 0.1) is 35.5 Å². The third-order valence-electron chi connectivity index (χ3n) is 3.20. The van der Waals surface area contributed by atoms with Crippen LogP contribution in [0.15, 0.2) is 48.9 Å². The van der Waals surface area contributed by atoms with Crippen LogP contribution < -0.4 is 5.32 Å². The lowest BCUT2D eigenvalue weighted by atomic mass is 10.2. The van der Waals surface area contributed by atoms with Gasteiger partial charge in [-0.2, -0.15) is 28.5 Å². The van der Waals surface area contributed by atoms with Crippen LogP contribution in [0.4, 0.5) is 18.9 Å². The highest BCUT2D eigenvalue weighted by atomic mass is 35.5. The van der Waals surface area contributed by atoms with Gasteiger partial charge >= 0.3 is 6.18 Å². The molecule has 0 fully saturated rings. The maximum absolute atomic E-state index is 13.5. The van der Waals surface area contributed by atoms with E-state index in [4.69, 9.17) is 11.6 Å². The van der Waals surface area contributed by atoms with Gasteiger partial charge in [0.25, 0.3) is 5.91 Å². The van der Waals surface area contributed by atoms with Gasteiger partial charge in [-0.15, -0.1) is 0 Å². The van der Waals surface area contributed by atoms with Crippen molar-refractivity contribution in [3.63, 3.8) is 0 Å². The van der Waals surface area contributed by atoms with Crippen molar-refractivity contribution in [2.24, 2.45) is 0 Å². The molecule has 2 aromatic heterocycles. The fourth-order valence-corrected chi connectivity index (χ4v) is 2.25. The standard InChI is InChI=1S/C15H9ClF3N5O/c16-9-1-3-11(4-2-9)24-13(15(17,18)19)12(8-22-24)14(25)23-10-5-6-20-21-7-10/h1-8H,(H,20,23,25). The molecule has 3 rings (SSSR count). The third kappa shape index (κ3) is 3.61. The lowest BCUT2D eigenvalue weighted by molar-refractivity contribution is -0.143. The molecule has 1 N–H and O–H groups in total. The summed E-state index contributed by atoms with van der Waals surface area (Å²) >= 11 is 5.75. The van der Waals surface area contributed by atoms with Gasteiger partial charge in [0.2, 0.25) is 0 Å². The number of nitrogens with one attached hydrogen (secondary N) is 1. The quantitative estimate of drug-likeness (QED) is 0.768. The molecule has 0 spiro atoms. The van der Waals surface area contributed by atoms with Crippen molar-refractivity contribution < 1.29 is 18.0 Å². The molecule has 0 atom stereocenters. The highest BCUT2D eigenvalue weighted by Crippen LogP contribution is 2.34. The van der Waals surface area contributed by atoms with Crippen LogP contribution in [0.3, 0.4) is 0 Å². The molecule has 1 amide bonds. The van der Waals surface area contributed by atoms with Crippen molar-refractivity contribution in [2.45, 2.75) is 6.18 Å². The number of benzene rings is 1. The molecule has 0 aliphatic heterocycles. The van der Waals surface area contributed by atoms with Crippen molar-refractivity contribution in [3.8, 4) is 5.69 Å². The second-order valence-corrected chi connectivity index (χ2v) is 5.31. The Morgan fingerprint density at radius 1 is 1.08 bits per heavy atom. The Bertz CT molecular complexity index is 894. The van der Waals surface area contributed by atoms with E-state index in [1.54, 1.807) is 0 Å². The number of nitrogens with zero attached hydrogens (tertiary/aromatic N) is 4. The van der Waals surface area contributed by atoms with E-state index in [1.165, 1.54) is 42.7 Å². The lowest BCUT2D eigenvalue weighted by Gasteiger charge is -2.13. The average Bonchev–Trinajstić information content (AvgIpc) is 3.02. The topological polar surface area (TPSA) is 72.7 Å². The second kappa shape index (κ2) is 6.52. The fourth-order valence-electron chi connectivity index (χ4n) is 2.13. The Hall–Kier alpha value is -2.94. The van der Waals surface area contributed by atoms with E-state index in [0.717, 1.165) is 6.20 Å². The molecular formula is C15H9ClF3N5O. The first kappa shape index (κ1) is 16.9. The summed E-state index contributed by atoms with van der Waals surface area (Å²) < 4.78 is 41.2. The van der Waals surface area contributed by atoms with Gasteiger partial charge in [0.1, 0.15) is 0 Å². The summed E-state index contributed by atoms with van der Waals surface area (Å²) in [7, 11) is 0. The number of hydrogen-bond donors (Lipinski definition) is 1. The summed E-state index contributed by atoms with van der Waals surface area (Å²) in [5.41, 5.74) is -1.46. The van der Waals surface area contributed by atoms with E-state index in [9.17, 15) is 18.0 Å². The fraction of sp³-hybridized carbons (Fsp3) is 0.0667. The van der Waals surface area contributed by atoms with Crippen molar-refractivity contribution in [3.05, 3.63) is 65.2 Å². The molecule has 128 valence electrons. The summed E-state index contributed by atoms with van der Waals surface area (Å²) in [6.45, 7) is 0. The van der Waals surface area contributed by atoms with Crippen molar-refractivity contribution >= 4 is 23.2 Å². The summed E-state index contributed by atoms with van der Waals surface area (Å²) in [5.74, 6) is -0.958. The zero-order chi connectivity index (χ0) is 18.0. The summed E-state index contributed by atoms with van der Waals surface area (Å²) in [6.07, 6.45) is -1.41. The van der Waals surface area contributed by atoms with Crippen LogP contribution in [-0.2, 0) is 6.18 Å². The third-order valence-corrected chi connectivity index (χ3v) is 3.45. The second-order valence-electron chi connectivity index (χ2n) is 4.88. The van der Waals surface area contributed by atoms with E-state index in [1.807, 2.05) is 0 Å². The number of carbonyl (C=O) groups excluding carboxylic acids is 1. The van der Waals surface area contributed by atoms with Crippen molar-refractivity contribution in [1.82, 2.24) is 20.0 Å². The number of aromatic nitrogens is 4. The van der Waals surface area contributed by atoms with Crippen LogP contribution >= 0.6 is 11.6 Å². The van der Waals surface area contributed by atoms with E-state index in [0.29, 0.717) is 9.70 Å². The SMILES string of the molecule is O=C(Nc1ccnnc1)c1cnn(-c2ccc(Cl)cc2)c1C(F)(F)F. The Morgan fingerprint density at radius 2 is 1.80 bits per heavy atom. The smallest absolute Gasteiger partial charge is 0.320 e. The van der Waals surface area contributed by atoms with Gasteiger partial charge in [-0.25, -0.2) is 4.68 Å². The molecule has 0 aliphatic rings. The average molecular weight is 368 g/mol. The highest BCUT2D eigenvalue weighted by molar-refractivity contribution is 6.30. The van der Waals surface area contributed by atoms with Crippen molar-refractivity contribution in [2.75, 3.05) is 5.32 Å². The predicted octanol–water partition coefficient (Wildman–Crippen LogP) is 3.59. The first-order chi connectivity index (χ1) is 11.9. The summed E-state index contributed by atoms with van der Waals surface area (Å²) in [6, 6.07) is 7.02. The molecule has 0 radical (unpaired) electrons. The maximum Gasteiger partial charge on any atom is 0.434 e. The van der Waals surface area contributed by atoms with Crippen LogP contribution in [0.5, 0.6) is 0 Å². The minimum absolute atomic E-state index is 0.126. The lowest BCUT2D eigenvalue weighted by Crippen LogP contribution is -2.20. The van der Waals surface area contributed by atoms with E-state index >= 15 is 0 Å². The molecule has 10 heteroatoms. The van der Waals surface area contributed by atoms with Crippen LogP contribution in [0, 0.1) is 0 Å². The van der Waals surface area contributed by atoms with E-state index in [-0.39, 0.29) is 11.4 Å². The molecule has 0 saturated heterocycles. The normalized spacial score (nSPS) is 11.4. The molecule has 6 nitrogen and oxygen atoms in total. The first-order valence-electron chi connectivity index (χ1n) is 6.85. The van der Waals surface area contributed by atoms with Crippen LogP contribution in [0.25, 0.3) is 5.69 Å². The number of halogens is 4. The van der Waals surface area contributed by atoms with E-state index < -0.39 is 23.3 Å². The molecule has 0 unspecified atom stereocenters. The molecule has 0 bridgehead atoms. The summed E-state index contributed by atoms with van der Waals surface area (Å²) in [4.78, 5) is 12.2. The van der Waals surface area contributed by atoms with E-state index in [2.05, 4.69) is 20.6 Å². The summed E-state index contributed by atoms with van der Waals surface area (Å²) in [5, 5.41) is 13.5. The van der Waals surface area contributed by atoms with Gasteiger partial charge in [0.15, 0.2) is 5.69 Å². The van der Waals surface area contributed by atoms with Gasteiger partial charge < -0.3 is 5.32 Å². The van der Waals surface area contributed by atoms with Gasteiger partial charge in [-0.1, -0.05) is 11.6 Å². The minimum atomic E-state index is -4.79. The molecular weight excluding hydrogens is 359 g/mol. The zero-order valence-corrected chi connectivity index (χ0v) is 13.1. The minimum Gasteiger partial charge on any atom is -0.320 e. The van der Waals surface area contributed by atoms with Crippen LogP contribution in [0.2, 0.25) is 5.02 Å². The molecule has 2 heterocycles. The molecule has 0 aliphatic carbocycles. The Morgan fingerprint density at radius 3 is 2.40 bits per heavy atom. The molecule has 1 aromatic carbocycles. The number of carbonyl (C=O) groups is 1. The van der Waals surface area contributed by atoms with Crippen molar-refractivity contribution in [1.29, 1.82) is 0 Å². The molecule has 3 aromatic rings. The molecule has 25 heavy (non-hydrogen) atoms. The molecule has 0 saturated carbocycles. The van der Waals surface area contributed by atoms with Gasteiger partial charge in [0, 0.05) is 5.02 Å². The Balaban J connectivity index is 2.03. The van der Waals surface area contributed by atoms with Crippen LogP contribution in [0.1, 0.15) is 16.1 Å². The largest absolute Gasteiger partial charge is 0.434 e. The first-order valence-corrected chi connectivity index (χ1v) is 7.23. The Kier molecular flexibility index (Phi) is 4.41. The van der Waals surface area contributed by atoms with Gasteiger partial charge in [-0.05, 0) is 30.3 Å². The van der Waals surface area contributed by atoms with Crippen LogP contribution in [-0.4, -0.2) is 25.9 Å². The number of rotatable bonds is 3. The predicted molar refractivity (Wildman–Crippen MR) is 83.6 cm³/mol. The monoisotopic (exact) mass is 367 g/mol. The number of amides is 1. The highest BCUT2D eigenvalue weighted by Gasteiger charge is 2.40. The number of anilines is 1. The van der Waals surface area contributed by atoms with Gasteiger partial charge in [-0.3, -0.25) is 4.79 Å². The number of hydrogen-bond acceptors (Lipinski definition) is 4. The zero-order valence-electron chi connectivity index (χ0n) is 12.3. The Labute approximate surface area is 144 Å². The number of alkyl halides is 3.